The zero-order chi connectivity index (χ0) is 9.42. The number of rotatable bonds is 0. The number of aromatic nitrogens is 2. The molecular weight excluding hydrogens is 250 g/mol. The first-order valence-corrected chi connectivity index (χ1v) is 4.09. The second-order valence-corrected chi connectivity index (χ2v) is 3.11. The van der Waals surface area contributed by atoms with Crippen LogP contribution in [0.5, 0.6) is 0 Å². The van der Waals surface area contributed by atoms with Gasteiger partial charge in [-0.05, 0) is 24.8 Å². The number of hydrogen-bond acceptors (Lipinski definition) is 2. The van der Waals surface area contributed by atoms with Crippen molar-refractivity contribution in [3.63, 3.8) is 0 Å². The summed E-state index contributed by atoms with van der Waals surface area (Å²) in [7, 11) is 0. The molecule has 2 rings (SSSR count). The summed E-state index contributed by atoms with van der Waals surface area (Å²) >= 11 is 0. The first-order chi connectivity index (χ1) is 6.16. The monoisotopic (exact) mass is 258 g/mol. The number of fused-ring (bicyclic) bond motifs is 1. The summed E-state index contributed by atoms with van der Waals surface area (Å²) in [5.41, 5.74) is 2.22. The molecule has 0 aliphatic rings. The van der Waals surface area contributed by atoms with Crippen molar-refractivity contribution in [1.82, 2.24) is 9.97 Å². The maximum atomic E-state index is 11.0. The normalized spacial score (nSPS) is 9.86. The van der Waals surface area contributed by atoms with Crippen molar-refractivity contribution >= 4 is 10.9 Å². The summed E-state index contributed by atoms with van der Waals surface area (Å²) in [6.45, 7) is 3.83. The Bertz CT molecular complexity index is 519. The van der Waals surface area contributed by atoms with Crippen molar-refractivity contribution in [1.29, 1.82) is 0 Å². The largest absolute Gasteiger partial charge is 1.00 e. The zero-order valence-electron chi connectivity index (χ0n) is 8.53. The van der Waals surface area contributed by atoms with E-state index >= 15 is 0 Å². The molecule has 0 aliphatic heterocycles. The fraction of sp³-hybridized carbons (Fsp3) is 0.200. The van der Waals surface area contributed by atoms with E-state index in [1.807, 2.05) is 32.0 Å². The van der Waals surface area contributed by atoms with Crippen LogP contribution in [0.15, 0.2) is 23.0 Å². The molecular formula is C10H9N2ORb. The van der Waals surface area contributed by atoms with Gasteiger partial charge in [0.25, 0.3) is 0 Å². The minimum absolute atomic E-state index is 0. The predicted molar refractivity (Wildman–Crippen MR) is 50.8 cm³/mol. The molecule has 14 heavy (non-hydrogen) atoms. The first kappa shape index (κ1) is 12.2. The molecule has 2 aromatic rings. The van der Waals surface area contributed by atoms with E-state index in [0.717, 1.165) is 22.2 Å². The first-order valence-electron chi connectivity index (χ1n) is 4.09. The van der Waals surface area contributed by atoms with Crippen LogP contribution in [0.25, 0.3) is 10.9 Å². The minimum atomic E-state index is -0.408. The molecule has 66 valence electrons. The number of benzene rings is 1. The third kappa shape index (κ3) is 2.39. The SMILES string of the molecule is Cc1ccc2[n-]c(=O)nc(C)c2c1.[Rb+]. The number of aryl methyl sites for hydroxylation is 2. The average Bonchev–Trinajstić information content (AvgIpc) is 2.06. The zero-order valence-corrected chi connectivity index (χ0v) is 13.5. The van der Waals surface area contributed by atoms with E-state index in [9.17, 15) is 4.79 Å². The van der Waals surface area contributed by atoms with Gasteiger partial charge in [0.05, 0.1) is 0 Å². The molecule has 1 aromatic heterocycles. The Morgan fingerprint density at radius 2 is 2.00 bits per heavy atom. The summed E-state index contributed by atoms with van der Waals surface area (Å²) in [6, 6.07) is 5.78. The Morgan fingerprint density at radius 1 is 1.29 bits per heavy atom. The van der Waals surface area contributed by atoms with Gasteiger partial charge in [-0.25, -0.2) is 0 Å². The summed E-state index contributed by atoms with van der Waals surface area (Å²) in [6.07, 6.45) is 0. The van der Waals surface area contributed by atoms with Crippen molar-refractivity contribution in [2.24, 2.45) is 0 Å². The predicted octanol–water partition coefficient (Wildman–Crippen LogP) is -1.83. The van der Waals surface area contributed by atoms with Gasteiger partial charge in [0, 0.05) is 0 Å². The van der Waals surface area contributed by atoms with E-state index < -0.39 is 5.69 Å². The van der Waals surface area contributed by atoms with Gasteiger partial charge in [0.2, 0.25) is 0 Å². The molecule has 0 saturated carbocycles. The van der Waals surface area contributed by atoms with Crippen LogP contribution in [0, 0.1) is 13.8 Å². The van der Waals surface area contributed by atoms with E-state index in [0.29, 0.717) is 0 Å². The van der Waals surface area contributed by atoms with Crippen LogP contribution in [0.3, 0.4) is 0 Å². The maximum absolute atomic E-state index is 11.0. The third-order valence-electron chi connectivity index (χ3n) is 2.02. The van der Waals surface area contributed by atoms with Gasteiger partial charge in [-0.2, -0.15) is 0 Å². The molecule has 0 N–H and O–H groups in total. The smallest absolute Gasteiger partial charge is 0.404 e. The van der Waals surface area contributed by atoms with Crippen molar-refractivity contribution < 1.29 is 58.2 Å². The van der Waals surface area contributed by atoms with E-state index in [4.69, 9.17) is 0 Å². The molecule has 0 amide bonds. The van der Waals surface area contributed by atoms with Gasteiger partial charge < -0.3 is 9.97 Å². The van der Waals surface area contributed by atoms with E-state index in [1.165, 1.54) is 0 Å². The molecule has 0 saturated heterocycles. The minimum Gasteiger partial charge on any atom is -0.404 e. The van der Waals surface area contributed by atoms with Crippen LogP contribution in [0.2, 0.25) is 0 Å². The van der Waals surface area contributed by atoms with Gasteiger partial charge >= 0.3 is 58.2 Å². The van der Waals surface area contributed by atoms with Crippen molar-refractivity contribution in [3.8, 4) is 0 Å². The van der Waals surface area contributed by atoms with Crippen molar-refractivity contribution in [2.45, 2.75) is 13.8 Å². The quantitative estimate of drug-likeness (QED) is 0.559. The Balaban J connectivity index is 0.000000980. The summed E-state index contributed by atoms with van der Waals surface area (Å²) in [5.74, 6) is 0. The fourth-order valence-electron chi connectivity index (χ4n) is 1.37. The van der Waals surface area contributed by atoms with E-state index in [2.05, 4.69) is 9.97 Å². The van der Waals surface area contributed by atoms with Crippen LogP contribution >= 0.6 is 0 Å². The van der Waals surface area contributed by atoms with Gasteiger partial charge in [-0.3, -0.25) is 4.79 Å². The number of nitrogens with zero attached hydrogens (tertiary/aromatic N) is 2. The standard InChI is InChI=1S/C10H10N2O.Rb/c1-6-3-4-9-8(5-6)7(2)11-10(13)12-9;/h3-5H,1-2H3,(H,11,12,13);/q;+1/p-1. The third-order valence-corrected chi connectivity index (χ3v) is 2.02. The van der Waals surface area contributed by atoms with E-state index in [-0.39, 0.29) is 58.2 Å². The van der Waals surface area contributed by atoms with Crippen molar-refractivity contribution in [3.05, 3.63) is 39.9 Å². The Morgan fingerprint density at radius 3 is 2.71 bits per heavy atom. The number of hydrogen-bond donors (Lipinski definition) is 0. The van der Waals surface area contributed by atoms with Crippen LogP contribution < -0.4 is 68.9 Å². The van der Waals surface area contributed by atoms with Crippen LogP contribution in [-0.2, 0) is 0 Å². The molecule has 0 spiro atoms. The van der Waals surface area contributed by atoms with E-state index in [1.54, 1.807) is 0 Å². The molecule has 3 nitrogen and oxygen atoms in total. The molecule has 4 heteroatoms. The van der Waals surface area contributed by atoms with Gasteiger partial charge in [-0.1, -0.05) is 29.5 Å². The molecule has 0 bridgehead atoms. The van der Waals surface area contributed by atoms with Crippen molar-refractivity contribution in [2.75, 3.05) is 0 Å². The summed E-state index contributed by atoms with van der Waals surface area (Å²) < 4.78 is 0. The van der Waals surface area contributed by atoms with Crippen LogP contribution in [-0.4, -0.2) is 4.98 Å². The van der Waals surface area contributed by atoms with Crippen LogP contribution in [0.1, 0.15) is 11.3 Å². The molecule has 0 fully saturated rings. The average molecular weight is 259 g/mol. The topological polar surface area (TPSA) is 44.1 Å². The Kier molecular flexibility index (Phi) is 4.19. The summed E-state index contributed by atoms with van der Waals surface area (Å²) in [4.78, 5) is 18.6. The molecule has 1 aromatic carbocycles. The molecule has 0 radical (unpaired) electrons. The van der Waals surface area contributed by atoms with Gasteiger partial charge in [0.1, 0.15) is 0 Å². The Hall–Kier alpha value is 0.165. The molecule has 0 aliphatic carbocycles. The second-order valence-electron chi connectivity index (χ2n) is 3.11. The maximum Gasteiger partial charge on any atom is 1.00 e. The Labute approximate surface area is 131 Å². The summed E-state index contributed by atoms with van der Waals surface area (Å²) in [5, 5.41) is 0.958. The van der Waals surface area contributed by atoms with Gasteiger partial charge in [0.15, 0.2) is 5.69 Å². The molecule has 1 heterocycles. The van der Waals surface area contributed by atoms with Crippen LogP contribution in [0.4, 0.5) is 0 Å². The van der Waals surface area contributed by atoms with Gasteiger partial charge in [-0.15, -0.1) is 0 Å². The second kappa shape index (κ2) is 4.79. The fourth-order valence-corrected chi connectivity index (χ4v) is 1.37. The molecule has 0 unspecified atom stereocenters. The molecule has 0 atom stereocenters.